The number of hydrogen-bond acceptors (Lipinski definition) is 5. The maximum atomic E-state index is 12.9. The largest absolute Gasteiger partial charge is 0.480 e. The van der Waals surface area contributed by atoms with Crippen molar-refractivity contribution in [2.24, 2.45) is 13.0 Å². The van der Waals surface area contributed by atoms with Crippen LogP contribution in [0.3, 0.4) is 0 Å². The van der Waals surface area contributed by atoms with Crippen LogP contribution in [0.15, 0.2) is 54.7 Å². The molecule has 0 spiro atoms. The van der Waals surface area contributed by atoms with Gasteiger partial charge in [-0.25, -0.2) is 9.59 Å². The van der Waals surface area contributed by atoms with Crippen molar-refractivity contribution in [2.75, 3.05) is 11.9 Å². The molecule has 2 amide bonds. The molecule has 0 aliphatic heterocycles. The molecule has 5 rings (SSSR count). The van der Waals surface area contributed by atoms with E-state index in [1.54, 1.807) is 7.05 Å². The van der Waals surface area contributed by atoms with Crippen molar-refractivity contribution in [1.29, 1.82) is 0 Å². The Morgan fingerprint density at radius 2 is 1.69 bits per heavy atom. The number of nitrogens with one attached hydrogen (secondary N) is 2. The lowest BCUT2D eigenvalue weighted by atomic mass is 9.95. The molecule has 9 nitrogen and oxygen atoms in total. The van der Waals surface area contributed by atoms with Gasteiger partial charge in [-0.15, -0.1) is 0 Å². The summed E-state index contributed by atoms with van der Waals surface area (Å²) in [4.78, 5) is 37.5. The monoisotopic (exact) mass is 474 g/mol. The van der Waals surface area contributed by atoms with Gasteiger partial charge < -0.3 is 15.2 Å². The first-order valence-corrected chi connectivity index (χ1v) is 11.5. The van der Waals surface area contributed by atoms with Crippen LogP contribution >= 0.6 is 0 Å². The Morgan fingerprint density at radius 1 is 1.09 bits per heavy atom. The summed E-state index contributed by atoms with van der Waals surface area (Å²) in [6.07, 6.45) is 2.04. The maximum absolute atomic E-state index is 12.9. The highest BCUT2D eigenvalue weighted by atomic mass is 16.5. The summed E-state index contributed by atoms with van der Waals surface area (Å²) in [7, 11) is 1.58. The summed E-state index contributed by atoms with van der Waals surface area (Å²) in [6, 6.07) is 16.1. The van der Waals surface area contributed by atoms with Crippen LogP contribution in [0.4, 0.5) is 10.6 Å². The lowest BCUT2D eigenvalue weighted by molar-refractivity contribution is -0.144. The van der Waals surface area contributed by atoms with Gasteiger partial charge in [-0.05, 0) is 47.9 Å². The highest BCUT2D eigenvalue weighted by Gasteiger charge is 2.49. The molecule has 2 aliphatic carbocycles. The maximum Gasteiger partial charge on any atom is 0.412 e. The molecular weight excluding hydrogens is 448 g/mol. The van der Waals surface area contributed by atoms with E-state index >= 15 is 0 Å². The summed E-state index contributed by atoms with van der Waals surface area (Å²) in [5, 5.41) is 18.9. The fourth-order valence-electron chi connectivity index (χ4n) is 4.78. The molecule has 1 fully saturated rings. The van der Waals surface area contributed by atoms with Crippen molar-refractivity contribution in [1.82, 2.24) is 15.1 Å². The third-order valence-corrected chi connectivity index (χ3v) is 6.96. The number of carboxylic acids is 1. The van der Waals surface area contributed by atoms with E-state index in [4.69, 9.17) is 4.74 Å². The van der Waals surface area contributed by atoms with E-state index in [2.05, 4.69) is 27.9 Å². The van der Waals surface area contributed by atoms with Crippen LogP contribution in [0, 0.1) is 5.92 Å². The highest BCUT2D eigenvalue weighted by Crippen LogP contribution is 2.44. The SMILES string of the molecule is Cn1ncc(C(=O)NC(C)(C(=O)O)C2CC2)c1NC(=O)OCC1c2ccccc2-c2ccccc21. The number of carbonyl (C=O) groups excluding carboxylic acids is 2. The Kier molecular flexibility index (Phi) is 5.55. The number of amides is 2. The van der Waals surface area contributed by atoms with Crippen LogP contribution in [0.1, 0.15) is 47.2 Å². The molecule has 1 heterocycles. The average molecular weight is 475 g/mol. The first-order chi connectivity index (χ1) is 16.8. The number of aromatic nitrogens is 2. The van der Waals surface area contributed by atoms with Gasteiger partial charge in [0.1, 0.15) is 23.5 Å². The number of anilines is 1. The molecule has 180 valence electrons. The second-order valence-corrected chi connectivity index (χ2v) is 9.22. The van der Waals surface area contributed by atoms with Crippen molar-refractivity contribution in [3.63, 3.8) is 0 Å². The average Bonchev–Trinajstić information content (AvgIpc) is 3.58. The Hall–Kier alpha value is -4.14. The Balaban J connectivity index is 1.29. The molecule has 0 bridgehead atoms. The van der Waals surface area contributed by atoms with Crippen LogP contribution in [-0.4, -0.2) is 45.0 Å². The van der Waals surface area contributed by atoms with E-state index in [-0.39, 0.29) is 29.8 Å². The minimum absolute atomic E-state index is 0.0640. The van der Waals surface area contributed by atoms with Gasteiger partial charge in [-0.2, -0.15) is 5.10 Å². The molecule has 1 unspecified atom stereocenters. The van der Waals surface area contributed by atoms with Gasteiger partial charge in [0.05, 0.1) is 6.20 Å². The minimum Gasteiger partial charge on any atom is -0.480 e. The lowest BCUT2D eigenvalue weighted by Gasteiger charge is -2.26. The smallest absolute Gasteiger partial charge is 0.412 e. The quantitative estimate of drug-likeness (QED) is 0.479. The highest BCUT2D eigenvalue weighted by molar-refractivity contribution is 6.03. The standard InChI is InChI=1S/C26H26N4O5/c1-26(24(32)33,15-11-12-15)29-23(31)20-13-27-30(2)22(20)28-25(34)35-14-21-18-9-5-3-7-16(18)17-8-4-6-10-19(17)21/h3-10,13,15,21H,11-12,14H2,1-2H3,(H,28,34)(H,29,31)(H,32,33). The number of benzene rings is 2. The fourth-order valence-corrected chi connectivity index (χ4v) is 4.78. The Morgan fingerprint density at radius 3 is 2.26 bits per heavy atom. The molecule has 1 saturated carbocycles. The molecule has 35 heavy (non-hydrogen) atoms. The third-order valence-electron chi connectivity index (χ3n) is 6.96. The normalized spacial score (nSPS) is 16.1. The van der Waals surface area contributed by atoms with Gasteiger partial charge >= 0.3 is 12.1 Å². The van der Waals surface area contributed by atoms with Crippen molar-refractivity contribution in [3.05, 3.63) is 71.4 Å². The lowest BCUT2D eigenvalue weighted by Crippen LogP contribution is -2.54. The number of carbonyl (C=O) groups is 3. The molecule has 0 saturated heterocycles. The summed E-state index contributed by atoms with van der Waals surface area (Å²) in [6.45, 7) is 1.62. The van der Waals surface area contributed by atoms with Crippen molar-refractivity contribution in [3.8, 4) is 11.1 Å². The predicted octanol–water partition coefficient (Wildman–Crippen LogP) is 3.76. The number of fused-ring (bicyclic) bond motifs is 3. The van der Waals surface area contributed by atoms with E-state index < -0.39 is 23.5 Å². The van der Waals surface area contributed by atoms with Crippen LogP contribution in [0.2, 0.25) is 0 Å². The van der Waals surface area contributed by atoms with Gasteiger partial charge in [-0.1, -0.05) is 48.5 Å². The third kappa shape index (κ3) is 4.03. The zero-order valence-corrected chi connectivity index (χ0v) is 19.4. The number of carboxylic acid groups (broad SMARTS) is 1. The van der Waals surface area contributed by atoms with Crippen LogP contribution in [-0.2, 0) is 16.6 Å². The predicted molar refractivity (Wildman–Crippen MR) is 128 cm³/mol. The zero-order valence-electron chi connectivity index (χ0n) is 19.4. The van der Waals surface area contributed by atoms with Crippen LogP contribution in [0.25, 0.3) is 11.1 Å². The summed E-state index contributed by atoms with van der Waals surface area (Å²) in [5.41, 5.74) is 3.12. The molecule has 3 aromatic rings. The summed E-state index contributed by atoms with van der Waals surface area (Å²) in [5.74, 6) is -1.81. The molecule has 2 aliphatic rings. The Labute approximate surface area is 202 Å². The Bertz CT molecular complexity index is 1280. The van der Waals surface area contributed by atoms with E-state index in [9.17, 15) is 19.5 Å². The van der Waals surface area contributed by atoms with Gasteiger partial charge in [0.15, 0.2) is 0 Å². The number of ether oxygens (including phenoxy) is 1. The van der Waals surface area contributed by atoms with Gasteiger partial charge in [0.2, 0.25) is 0 Å². The van der Waals surface area contributed by atoms with E-state index in [1.165, 1.54) is 17.8 Å². The van der Waals surface area contributed by atoms with Crippen molar-refractivity contribution >= 4 is 23.8 Å². The topological polar surface area (TPSA) is 123 Å². The molecule has 3 N–H and O–H groups in total. The number of nitrogens with zero attached hydrogens (tertiary/aromatic N) is 2. The van der Waals surface area contributed by atoms with Crippen LogP contribution < -0.4 is 10.6 Å². The first-order valence-electron chi connectivity index (χ1n) is 11.5. The molecule has 1 aromatic heterocycles. The second kappa shape index (κ2) is 8.57. The number of aliphatic carboxylic acids is 1. The summed E-state index contributed by atoms with van der Waals surface area (Å²) >= 11 is 0. The van der Waals surface area contributed by atoms with E-state index in [0.29, 0.717) is 0 Å². The molecule has 2 aromatic carbocycles. The van der Waals surface area contributed by atoms with Crippen LogP contribution in [0.5, 0.6) is 0 Å². The van der Waals surface area contributed by atoms with Gasteiger partial charge in [-0.3, -0.25) is 14.8 Å². The zero-order chi connectivity index (χ0) is 24.7. The number of aryl methyl sites for hydroxylation is 1. The molecular formula is C26H26N4O5. The van der Waals surface area contributed by atoms with E-state index in [0.717, 1.165) is 35.1 Å². The second-order valence-electron chi connectivity index (χ2n) is 9.22. The van der Waals surface area contributed by atoms with E-state index in [1.807, 2.05) is 36.4 Å². The number of rotatable bonds is 7. The van der Waals surface area contributed by atoms with Gasteiger partial charge in [0.25, 0.3) is 5.91 Å². The molecule has 9 heteroatoms. The fraction of sp³-hybridized carbons (Fsp3) is 0.308. The minimum atomic E-state index is -1.38. The first kappa shape index (κ1) is 22.6. The summed E-state index contributed by atoms with van der Waals surface area (Å²) < 4.78 is 6.91. The molecule has 1 atom stereocenters. The van der Waals surface area contributed by atoms with Crippen molar-refractivity contribution in [2.45, 2.75) is 31.2 Å². The van der Waals surface area contributed by atoms with Crippen molar-refractivity contribution < 1.29 is 24.2 Å². The number of hydrogen-bond donors (Lipinski definition) is 3. The molecule has 0 radical (unpaired) electrons. The van der Waals surface area contributed by atoms with Gasteiger partial charge in [0, 0.05) is 13.0 Å².